The van der Waals surface area contributed by atoms with Gasteiger partial charge in [-0.3, -0.25) is 9.79 Å². The van der Waals surface area contributed by atoms with E-state index in [0.717, 1.165) is 22.6 Å². The van der Waals surface area contributed by atoms with Crippen molar-refractivity contribution in [2.75, 3.05) is 6.26 Å². The molecule has 0 unspecified atom stereocenters. The van der Waals surface area contributed by atoms with Crippen LogP contribution < -0.4 is 0 Å². The summed E-state index contributed by atoms with van der Waals surface area (Å²) in [6.07, 6.45) is 6.77. The first-order valence-electron chi connectivity index (χ1n) is 6.46. The van der Waals surface area contributed by atoms with E-state index in [1.807, 2.05) is 18.2 Å². The molecule has 0 saturated heterocycles. The summed E-state index contributed by atoms with van der Waals surface area (Å²) in [5.74, 6) is 0.103. The molecule has 3 rings (SSSR count). The van der Waals surface area contributed by atoms with E-state index in [9.17, 15) is 4.79 Å². The van der Waals surface area contributed by atoms with Crippen LogP contribution in [0.5, 0.6) is 0 Å². The van der Waals surface area contributed by atoms with Crippen molar-refractivity contribution >= 4 is 22.6 Å². The summed E-state index contributed by atoms with van der Waals surface area (Å²) in [7, 11) is 0. The Morgan fingerprint density at radius 3 is 2.74 bits per heavy atom. The monoisotopic (exact) mass is 271 g/mol. The molecule has 1 atom stereocenters. The predicted octanol–water partition coefficient (Wildman–Crippen LogP) is 3.62. The maximum atomic E-state index is 12.0. The molecule has 0 fully saturated rings. The molecular formula is C16H17NOS. The highest BCUT2D eigenvalue weighted by molar-refractivity contribution is 8.13. The fraction of sp³-hybridized carbons (Fsp3) is 0.375. The molecular weight excluding hydrogens is 254 g/mol. The lowest BCUT2D eigenvalue weighted by Gasteiger charge is -2.33. The number of hydrogen-bond donors (Lipinski definition) is 0. The highest BCUT2D eigenvalue weighted by Crippen LogP contribution is 2.48. The fourth-order valence-electron chi connectivity index (χ4n) is 3.23. The molecule has 0 amide bonds. The lowest BCUT2D eigenvalue weighted by molar-refractivity contribution is 0.104. The molecule has 0 aromatic heterocycles. The molecule has 0 radical (unpaired) electrons. The Labute approximate surface area is 118 Å². The smallest absolute Gasteiger partial charge is 0.185 e. The molecule has 3 heteroatoms. The number of ketones is 1. The number of rotatable bonds is 0. The average molecular weight is 271 g/mol. The number of nitrogens with zero attached hydrogens (tertiary/aromatic N) is 1. The summed E-state index contributed by atoms with van der Waals surface area (Å²) in [5.41, 5.74) is 1.66. The Kier molecular flexibility index (Phi) is 2.72. The maximum absolute atomic E-state index is 12.0. The molecule has 1 aliphatic carbocycles. The molecule has 0 N–H and O–H groups in total. The minimum absolute atomic E-state index is 0.0732. The number of benzene rings is 1. The van der Waals surface area contributed by atoms with E-state index < -0.39 is 0 Å². The van der Waals surface area contributed by atoms with E-state index >= 15 is 0 Å². The third-order valence-corrected chi connectivity index (χ3v) is 4.73. The highest BCUT2D eigenvalue weighted by Gasteiger charge is 2.48. The van der Waals surface area contributed by atoms with E-state index in [2.05, 4.69) is 32.2 Å². The van der Waals surface area contributed by atoms with Crippen LogP contribution in [0.15, 0.2) is 41.4 Å². The normalized spacial score (nSPS) is 27.5. The zero-order valence-corrected chi connectivity index (χ0v) is 12.3. The van der Waals surface area contributed by atoms with Crippen LogP contribution in [0.25, 0.3) is 0 Å². The van der Waals surface area contributed by atoms with Crippen molar-refractivity contribution in [2.24, 2.45) is 4.99 Å². The third kappa shape index (κ3) is 1.79. The number of hydrogen-bond acceptors (Lipinski definition) is 3. The lowest BCUT2D eigenvalue weighted by Crippen LogP contribution is -2.35. The number of carbonyl (C=O) groups excluding carboxylic acids is 1. The van der Waals surface area contributed by atoms with Gasteiger partial charge in [-0.05, 0) is 38.2 Å². The van der Waals surface area contributed by atoms with Gasteiger partial charge < -0.3 is 0 Å². The molecule has 1 heterocycles. The van der Waals surface area contributed by atoms with Crippen LogP contribution in [0.2, 0.25) is 0 Å². The first-order valence-corrected chi connectivity index (χ1v) is 7.68. The third-order valence-electron chi connectivity index (χ3n) is 3.88. The van der Waals surface area contributed by atoms with Crippen molar-refractivity contribution in [3.63, 3.8) is 0 Å². The first-order chi connectivity index (χ1) is 8.98. The Hall–Kier alpha value is -1.35. The predicted molar refractivity (Wildman–Crippen MR) is 81.2 cm³/mol. The standard InChI is InChI=1S/C16H17NOS/c1-15(2)10-16(14(17-15)19-3)9-8-13(18)11-6-4-5-7-12(11)16/h4-9H,10H2,1-3H3/t16-/m0/s1. The summed E-state index contributed by atoms with van der Waals surface area (Å²) >= 11 is 1.69. The summed E-state index contributed by atoms with van der Waals surface area (Å²) < 4.78 is 0. The minimum atomic E-state index is -0.201. The SMILES string of the molecule is CSC1=NC(C)(C)C[C@]12C=CC(=O)c1ccccc12. The second-order valence-electron chi connectivity index (χ2n) is 5.82. The van der Waals surface area contributed by atoms with Gasteiger partial charge in [-0.25, -0.2) is 0 Å². The average Bonchev–Trinajstić information content (AvgIpc) is 2.66. The summed E-state index contributed by atoms with van der Waals surface area (Å²) in [4.78, 5) is 16.9. The number of allylic oxidation sites excluding steroid dienone is 2. The van der Waals surface area contributed by atoms with E-state index in [1.165, 1.54) is 0 Å². The van der Waals surface area contributed by atoms with Gasteiger partial charge >= 0.3 is 0 Å². The maximum Gasteiger partial charge on any atom is 0.185 e. The zero-order valence-electron chi connectivity index (χ0n) is 11.4. The van der Waals surface area contributed by atoms with Crippen molar-refractivity contribution in [1.29, 1.82) is 0 Å². The Morgan fingerprint density at radius 1 is 1.26 bits per heavy atom. The van der Waals surface area contributed by atoms with Crippen molar-refractivity contribution in [1.82, 2.24) is 0 Å². The molecule has 1 aromatic rings. The molecule has 1 spiro atoms. The van der Waals surface area contributed by atoms with E-state index in [-0.39, 0.29) is 16.7 Å². The summed E-state index contributed by atoms with van der Waals surface area (Å²) in [6, 6.07) is 7.94. The highest BCUT2D eigenvalue weighted by atomic mass is 32.2. The number of fused-ring (bicyclic) bond motifs is 2. The molecule has 19 heavy (non-hydrogen) atoms. The second-order valence-corrected chi connectivity index (χ2v) is 6.62. The van der Waals surface area contributed by atoms with Crippen molar-refractivity contribution in [2.45, 2.75) is 31.2 Å². The van der Waals surface area contributed by atoms with Gasteiger partial charge in [0.15, 0.2) is 5.78 Å². The van der Waals surface area contributed by atoms with E-state index in [0.29, 0.717) is 0 Å². The molecule has 0 saturated carbocycles. The number of carbonyl (C=O) groups is 1. The number of thioether (sulfide) groups is 1. The van der Waals surface area contributed by atoms with Crippen molar-refractivity contribution in [3.8, 4) is 0 Å². The van der Waals surface area contributed by atoms with Crippen LogP contribution in [-0.4, -0.2) is 22.6 Å². The second kappa shape index (κ2) is 4.07. The number of aliphatic imine (C=N–C) groups is 1. The molecule has 0 bridgehead atoms. The van der Waals surface area contributed by atoms with Gasteiger partial charge in [0.2, 0.25) is 0 Å². The van der Waals surface area contributed by atoms with Gasteiger partial charge in [-0.1, -0.05) is 30.3 Å². The summed E-state index contributed by atoms with van der Waals surface area (Å²) in [6.45, 7) is 4.32. The Balaban J connectivity index is 2.24. The molecule has 2 nitrogen and oxygen atoms in total. The van der Waals surface area contributed by atoms with E-state index in [1.54, 1.807) is 17.8 Å². The Morgan fingerprint density at radius 2 is 2.00 bits per heavy atom. The Bertz CT molecular complexity index is 615. The molecule has 2 aliphatic rings. The van der Waals surface area contributed by atoms with E-state index in [4.69, 9.17) is 4.99 Å². The first kappa shape index (κ1) is 12.7. The van der Waals surface area contributed by atoms with Crippen molar-refractivity contribution in [3.05, 3.63) is 47.5 Å². The molecule has 1 aliphatic heterocycles. The van der Waals surface area contributed by atoms with Crippen molar-refractivity contribution < 1.29 is 4.79 Å². The fourth-order valence-corrected chi connectivity index (χ4v) is 4.18. The van der Waals surface area contributed by atoms with Gasteiger partial charge in [0.25, 0.3) is 0 Å². The van der Waals surface area contributed by atoms with Crippen LogP contribution in [0.3, 0.4) is 0 Å². The zero-order chi connectivity index (χ0) is 13.7. The van der Waals surface area contributed by atoms with Gasteiger partial charge in [0, 0.05) is 5.56 Å². The summed E-state index contributed by atoms with van der Waals surface area (Å²) in [5, 5.41) is 1.12. The van der Waals surface area contributed by atoms with Crippen LogP contribution in [0.4, 0.5) is 0 Å². The van der Waals surface area contributed by atoms with Crippen LogP contribution in [0, 0.1) is 0 Å². The van der Waals surface area contributed by atoms with Crippen LogP contribution in [0.1, 0.15) is 36.2 Å². The topological polar surface area (TPSA) is 29.4 Å². The van der Waals surface area contributed by atoms with Gasteiger partial charge in [0.1, 0.15) is 0 Å². The van der Waals surface area contributed by atoms with Crippen LogP contribution >= 0.6 is 11.8 Å². The van der Waals surface area contributed by atoms with Crippen LogP contribution in [-0.2, 0) is 5.41 Å². The quantitative estimate of drug-likeness (QED) is 0.721. The van der Waals surface area contributed by atoms with Gasteiger partial charge in [-0.15, -0.1) is 11.8 Å². The minimum Gasteiger partial charge on any atom is -0.289 e. The molecule has 1 aromatic carbocycles. The van der Waals surface area contributed by atoms with Gasteiger partial charge in [-0.2, -0.15) is 0 Å². The molecule has 98 valence electrons. The van der Waals surface area contributed by atoms with Gasteiger partial charge in [0.05, 0.1) is 16.0 Å². The lowest BCUT2D eigenvalue weighted by atomic mass is 9.70. The largest absolute Gasteiger partial charge is 0.289 e.